The first kappa shape index (κ1) is 21.2. The van der Waals surface area contributed by atoms with E-state index in [0.717, 1.165) is 22.3 Å². The van der Waals surface area contributed by atoms with Gasteiger partial charge in [0.2, 0.25) is 0 Å². The third-order valence-corrected chi connectivity index (χ3v) is 8.26. The molecule has 4 aromatic carbocycles. The van der Waals surface area contributed by atoms with Crippen molar-refractivity contribution in [3.63, 3.8) is 0 Å². The summed E-state index contributed by atoms with van der Waals surface area (Å²) >= 11 is 0. The van der Waals surface area contributed by atoms with Crippen LogP contribution in [0.1, 0.15) is 11.1 Å². The largest absolute Gasteiger partial charge is 0.280 e. The predicted molar refractivity (Wildman–Crippen MR) is 129 cm³/mol. The van der Waals surface area contributed by atoms with Crippen LogP contribution in [-0.4, -0.2) is 16.8 Å². The van der Waals surface area contributed by atoms with E-state index >= 15 is 0 Å². The summed E-state index contributed by atoms with van der Waals surface area (Å²) in [5.41, 5.74) is 4.47. The highest BCUT2D eigenvalue weighted by molar-refractivity contribution is 7.93. The molecular weight excluding hydrogens is 456 g/mol. The van der Waals surface area contributed by atoms with Crippen molar-refractivity contribution in [1.82, 2.24) is 0 Å². The maximum absolute atomic E-state index is 12.8. The maximum atomic E-state index is 12.8. The van der Waals surface area contributed by atoms with Crippen LogP contribution in [0.2, 0.25) is 0 Å². The molecule has 5 rings (SSSR count). The highest BCUT2D eigenvalue weighted by atomic mass is 32.2. The molecule has 1 aliphatic rings. The number of hydrogen-bond donors (Lipinski definition) is 2. The molecule has 166 valence electrons. The Labute approximate surface area is 193 Å². The fourth-order valence-electron chi connectivity index (χ4n) is 3.94. The molecule has 0 amide bonds. The summed E-state index contributed by atoms with van der Waals surface area (Å²) in [6.07, 6.45) is 0.452. The van der Waals surface area contributed by atoms with E-state index in [1.54, 1.807) is 84.9 Å². The van der Waals surface area contributed by atoms with Gasteiger partial charge in [0.25, 0.3) is 20.0 Å². The Hall–Kier alpha value is -3.62. The monoisotopic (exact) mass is 476 g/mol. The molecule has 8 heteroatoms. The Morgan fingerprint density at radius 2 is 0.909 bits per heavy atom. The Morgan fingerprint density at radius 3 is 1.30 bits per heavy atom. The van der Waals surface area contributed by atoms with Crippen LogP contribution in [0.15, 0.2) is 107 Å². The van der Waals surface area contributed by atoms with Gasteiger partial charge >= 0.3 is 0 Å². The van der Waals surface area contributed by atoms with Crippen LogP contribution in [-0.2, 0) is 26.5 Å². The number of fused-ring (bicyclic) bond motifs is 3. The van der Waals surface area contributed by atoms with Crippen molar-refractivity contribution >= 4 is 31.4 Å². The lowest BCUT2D eigenvalue weighted by molar-refractivity contribution is 0.599. The van der Waals surface area contributed by atoms with Crippen LogP contribution < -0.4 is 9.44 Å². The summed E-state index contributed by atoms with van der Waals surface area (Å²) in [4.78, 5) is 0.327. The smallest absolute Gasteiger partial charge is 0.261 e. The number of benzene rings is 4. The number of nitrogens with one attached hydrogen (secondary N) is 2. The summed E-state index contributed by atoms with van der Waals surface area (Å²) in [6, 6.07) is 27.4. The van der Waals surface area contributed by atoms with E-state index in [2.05, 4.69) is 9.44 Å². The van der Waals surface area contributed by atoms with E-state index in [1.807, 2.05) is 12.1 Å². The second kappa shape index (κ2) is 8.06. The Balaban J connectivity index is 1.42. The molecule has 1 aliphatic carbocycles. The second-order valence-corrected chi connectivity index (χ2v) is 11.1. The first-order valence-corrected chi connectivity index (χ1v) is 13.2. The minimum Gasteiger partial charge on any atom is -0.280 e. The minimum absolute atomic E-state index is 0.163. The van der Waals surface area contributed by atoms with Gasteiger partial charge in [-0.15, -0.1) is 0 Å². The SMILES string of the molecule is O=S(=O)(Nc1ccccc1)c1ccc2c(c1)Cc1cc(S(=O)(=O)Nc3ccccc3)ccc1-2. The molecule has 6 nitrogen and oxygen atoms in total. The summed E-state index contributed by atoms with van der Waals surface area (Å²) in [7, 11) is -7.49. The normalized spacial score (nSPS) is 12.6. The van der Waals surface area contributed by atoms with Crippen molar-refractivity contribution in [2.75, 3.05) is 9.44 Å². The first-order chi connectivity index (χ1) is 15.8. The molecule has 33 heavy (non-hydrogen) atoms. The Bertz CT molecular complexity index is 1430. The molecule has 0 aromatic heterocycles. The van der Waals surface area contributed by atoms with Gasteiger partial charge in [0.1, 0.15) is 0 Å². The zero-order chi connectivity index (χ0) is 23.1. The Kier molecular flexibility index (Phi) is 5.19. The van der Waals surface area contributed by atoms with E-state index < -0.39 is 20.0 Å². The van der Waals surface area contributed by atoms with Crippen LogP contribution in [0.3, 0.4) is 0 Å². The predicted octanol–water partition coefficient (Wildman–Crippen LogP) is 4.86. The van der Waals surface area contributed by atoms with E-state index in [0.29, 0.717) is 17.8 Å². The lowest BCUT2D eigenvalue weighted by Gasteiger charge is -2.10. The molecule has 0 saturated carbocycles. The molecule has 0 radical (unpaired) electrons. The zero-order valence-electron chi connectivity index (χ0n) is 17.4. The van der Waals surface area contributed by atoms with Gasteiger partial charge in [-0.1, -0.05) is 48.5 Å². The van der Waals surface area contributed by atoms with E-state index in [-0.39, 0.29) is 9.79 Å². The van der Waals surface area contributed by atoms with Crippen molar-refractivity contribution in [3.8, 4) is 11.1 Å². The average molecular weight is 477 g/mol. The first-order valence-electron chi connectivity index (χ1n) is 10.2. The highest BCUT2D eigenvalue weighted by Crippen LogP contribution is 2.39. The van der Waals surface area contributed by atoms with Crippen molar-refractivity contribution in [2.24, 2.45) is 0 Å². The van der Waals surface area contributed by atoms with Crippen molar-refractivity contribution in [2.45, 2.75) is 16.2 Å². The molecule has 0 saturated heterocycles. The Morgan fingerprint density at radius 1 is 0.515 bits per heavy atom. The van der Waals surface area contributed by atoms with Gasteiger partial charge in [-0.3, -0.25) is 9.44 Å². The van der Waals surface area contributed by atoms with Gasteiger partial charge < -0.3 is 0 Å². The van der Waals surface area contributed by atoms with Crippen molar-refractivity contribution < 1.29 is 16.8 Å². The quantitative estimate of drug-likeness (QED) is 0.366. The second-order valence-electron chi connectivity index (χ2n) is 7.76. The number of hydrogen-bond acceptors (Lipinski definition) is 4. The lowest BCUT2D eigenvalue weighted by atomic mass is 10.1. The van der Waals surface area contributed by atoms with E-state index in [4.69, 9.17) is 0 Å². The molecule has 0 fully saturated rings. The molecule has 4 aromatic rings. The standard InChI is InChI=1S/C25H20N2O4S2/c28-32(29,26-20-7-3-1-4-8-20)22-11-13-24-18(16-22)15-19-17-23(12-14-25(19)24)33(30,31)27-21-9-5-2-6-10-21/h1-14,16-17,26-27H,15H2. The zero-order valence-corrected chi connectivity index (χ0v) is 19.0. The van der Waals surface area contributed by atoms with Gasteiger partial charge in [-0.25, -0.2) is 16.8 Å². The maximum Gasteiger partial charge on any atom is 0.261 e. The van der Waals surface area contributed by atoms with Gasteiger partial charge in [0.15, 0.2) is 0 Å². The fraction of sp³-hybridized carbons (Fsp3) is 0.0400. The summed E-state index contributed by atoms with van der Waals surface area (Å²) in [5, 5.41) is 0. The fourth-order valence-corrected chi connectivity index (χ4v) is 6.16. The molecule has 0 unspecified atom stereocenters. The summed E-state index contributed by atoms with van der Waals surface area (Å²) in [6.45, 7) is 0. The molecule has 0 heterocycles. The van der Waals surface area contributed by atoms with Crippen LogP contribution in [0, 0.1) is 0 Å². The van der Waals surface area contributed by atoms with Gasteiger partial charge in [0, 0.05) is 11.4 Å². The van der Waals surface area contributed by atoms with Gasteiger partial charge in [-0.05, 0) is 77.2 Å². The minimum atomic E-state index is -3.74. The molecule has 0 spiro atoms. The topological polar surface area (TPSA) is 92.3 Å². The number of anilines is 2. The van der Waals surface area contributed by atoms with Crippen LogP contribution in [0.5, 0.6) is 0 Å². The molecule has 2 N–H and O–H groups in total. The number of para-hydroxylation sites is 2. The molecular formula is C25H20N2O4S2. The van der Waals surface area contributed by atoms with E-state index in [1.165, 1.54) is 0 Å². The lowest BCUT2D eigenvalue weighted by Crippen LogP contribution is -2.13. The highest BCUT2D eigenvalue weighted by Gasteiger charge is 2.24. The van der Waals surface area contributed by atoms with Gasteiger partial charge in [0.05, 0.1) is 9.79 Å². The van der Waals surface area contributed by atoms with E-state index in [9.17, 15) is 16.8 Å². The third kappa shape index (κ3) is 4.22. The van der Waals surface area contributed by atoms with Crippen LogP contribution in [0.25, 0.3) is 11.1 Å². The number of rotatable bonds is 6. The number of sulfonamides is 2. The molecule has 0 atom stereocenters. The average Bonchev–Trinajstić information content (AvgIpc) is 3.17. The summed E-state index contributed by atoms with van der Waals surface area (Å²) < 4.78 is 56.5. The van der Waals surface area contributed by atoms with Gasteiger partial charge in [-0.2, -0.15) is 0 Å². The summed E-state index contributed by atoms with van der Waals surface area (Å²) in [5.74, 6) is 0. The third-order valence-electron chi connectivity index (χ3n) is 5.50. The van der Waals surface area contributed by atoms with Crippen molar-refractivity contribution in [3.05, 3.63) is 108 Å². The van der Waals surface area contributed by atoms with Crippen LogP contribution in [0.4, 0.5) is 11.4 Å². The molecule has 0 bridgehead atoms. The van der Waals surface area contributed by atoms with Crippen LogP contribution >= 0.6 is 0 Å². The van der Waals surface area contributed by atoms with Crippen molar-refractivity contribution in [1.29, 1.82) is 0 Å². The molecule has 0 aliphatic heterocycles.